The topological polar surface area (TPSA) is 105 Å². The number of aryl methyl sites for hydroxylation is 1. The molecular weight excluding hydrogens is 340 g/mol. The summed E-state index contributed by atoms with van der Waals surface area (Å²) < 4.78 is 10.8. The minimum absolute atomic E-state index is 0.257. The Bertz CT molecular complexity index is 941. The molecular formula is C17H14N4O3S. The van der Waals surface area contributed by atoms with Gasteiger partial charge in [0.25, 0.3) is 11.1 Å². The van der Waals surface area contributed by atoms with Crippen LogP contribution >= 0.6 is 11.8 Å². The van der Waals surface area contributed by atoms with Gasteiger partial charge in [-0.25, -0.2) is 0 Å². The van der Waals surface area contributed by atoms with Gasteiger partial charge in [0.2, 0.25) is 5.91 Å². The molecule has 25 heavy (non-hydrogen) atoms. The molecule has 0 radical (unpaired) electrons. The van der Waals surface area contributed by atoms with Crippen molar-refractivity contribution in [2.24, 2.45) is 0 Å². The first-order chi connectivity index (χ1) is 12.1. The molecule has 0 aliphatic heterocycles. The van der Waals surface area contributed by atoms with E-state index in [0.29, 0.717) is 22.9 Å². The molecule has 3 aromatic rings. The summed E-state index contributed by atoms with van der Waals surface area (Å²) in [4.78, 5) is 12.3. The molecule has 0 aliphatic rings. The number of nitrogens with one attached hydrogen (secondary N) is 1. The number of furan rings is 1. The van der Waals surface area contributed by atoms with Crippen LogP contribution in [0.5, 0.6) is 0 Å². The quantitative estimate of drug-likeness (QED) is 0.697. The summed E-state index contributed by atoms with van der Waals surface area (Å²) in [5.74, 6) is 0.766. The fourth-order valence-electron chi connectivity index (χ4n) is 2.10. The first kappa shape index (κ1) is 16.8. The zero-order chi connectivity index (χ0) is 17.8. The van der Waals surface area contributed by atoms with Crippen LogP contribution in [0.3, 0.4) is 0 Å². The highest BCUT2D eigenvalue weighted by molar-refractivity contribution is 8.00. The molecule has 3 rings (SSSR count). The van der Waals surface area contributed by atoms with Gasteiger partial charge in [-0.2, -0.15) is 5.26 Å². The van der Waals surface area contributed by atoms with E-state index in [1.807, 2.05) is 6.07 Å². The Labute approximate surface area is 148 Å². The lowest BCUT2D eigenvalue weighted by Crippen LogP contribution is -2.22. The van der Waals surface area contributed by atoms with Crippen LogP contribution in [0.15, 0.2) is 50.7 Å². The average molecular weight is 354 g/mol. The number of para-hydroxylation sites is 1. The maximum Gasteiger partial charge on any atom is 0.277 e. The number of hydrogen-bond acceptors (Lipinski definition) is 7. The third-order valence-corrected chi connectivity index (χ3v) is 4.38. The van der Waals surface area contributed by atoms with E-state index >= 15 is 0 Å². The largest absolute Gasteiger partial charge is 0.469 e. The minimum Gasteiger partial charge on any atom is -0.469 e. The Morgan fingerprint density at radius 3 is 2.84 bits per heavy atom. The lowest BCUT2D eigenvalue weighted by Gasteiger charge is -2.10. The van der Waals surface area contributed by atoms with Gasteiger partial charge < -0.3 is 14.2 Å². The van der Waals surface area contributed by atoms with Crippen molar-refractivity contribution in [3.05, 3.63) is 47.9 Å². The van der Waals surface area contributed by atoms with Crippen molar-refractivity contribution in [1.29, 1.82) is 5.26 Å². The van der Waals surface area contributed by atoms with Crippen LogP contribution in [0.1, 0.15) is 18.2 Å². The molecule has 0 spiro atoms. The van der Waals surface area contributed by atoms with Crippen LogP contribution in [0, 0.1) is 18.3 Å². The van der Waals surface area contributed by atoms with Gasteiger partial charge in [0, 0.05) is 0 Å². The van der Waals surface area contributed by atoms with Gasteiger partial charge >= 0.3 is 0 Å². The summed E-state index contributed by atoms with van der Waals surface area (Å²) in [6.45, 7) is 3.52. The number of aromatic nitrogens is 2. The molecule has 7 nitrogen and oxygen atoms in total. The molecule has 1 N–H and O–H groups in total. The fourth-order valence-corrected chi connectivity index (χ4v) is 2.79. The predicted octanol–water partition coefficient (Wildman–Crippen LogP) is 3.63. The highest BCUT2D eigenvalue weighted by Gasteiger charge is 2.20. The Balaban J connectivity index is 1.67. The van der Waals surface area contributed by atoms with E-state index in [2.05, 4.69) is 15.5 Å². The molecule has 0 aliphatic carbocycles. The highest BCUT2D eigenvalue weighted by atomic mass is 32.2. The van der Waals surface area contributed by atoms with Gasteiger partial charge in [-0.15, -0.1) is 10.2 Å². The van der Waals surface area contributed by atoms with Crippen molar-refractivity contribution in [3.8, 4) is 17.5 Å². The molecule has 0 saturated carbocycles. The van der Waals surface area contributed by atoms with Crippen LogP contribution in [0.25, 0.3) is 11.5 Å². The third-order valence-electron chi connectivity index (χ3n) is 3.45. The predicted molar refractivity (Wildman–Crippen MR) is 91.8 cm³/mol. The van der Waals surface area contributed by atoms with Gasteiger partial charge in [-0.05, 0) is 32.0 Å². The van der Waals surface area contributed by atoms with Crippen molar-refractivity contribution in [2.75, 3.05) is 5.32 Å². The number of carbonyl (C=O) groups is 1. The van der Waals surface area contributed by atoms with Gasteiger partial charge in [0.1, 0.15) is 11.8 Å². The Morgan fingerprint density at radius 2 is 2.12 bits per heavy atom. The zero-order valence-electron chi connectivity index (χ0n) is 13.5. The van der Waals surface area contributed by atoms with Crippen LogP contribution in [0.4, 0.5) is 5.69 Å². The number of benzene rings is 1. The van der Waals surface area contributed by atoms with E-state index in [1.54, 1.807) is 50.4 Å². The molecule has 0 saturated heterocycles. The normalized spacial score (nSPS) is 11.7. The summed E-state index contributed by atoms with van der Waals surface area (Å²) in [5, 5.41) is 19.5. The zero-order valence-corrected chi connectivity index (χ0v) is 14.3. The van der Waals surface area contributed by atoms with Crippen LogP contribution in [0.2, 0.25) is 0 Å². The smallest absolute Gasteiger partial charge is 0.277 e. The standard InChI is InChI=1S/C17H14N4O3S/c1-10-13(7-8-23-10)16-20-21-17(24-16)25-11(2)15(22)19-14-6-4-3-5-12(14)9-18/h3-8,11H,1-2H3,(H,19,22)/t11-/m1/s1. The van der Waals surface area contributed by atoms with Crippen LogP contribution in [-0.2, 0) is 4.79 Å². The molecule has 1 amide bonds. The molecule has 8 heteroatoms. The second-order valence-corrected chi connectivity index (χ2v) is 6.46. The lowest BCUT2D eigenvalue weighted by atomic mass is 10.2. The SMILES string of the molecule is Cc1occc1-c1nnc(S[C@H](C)C(=O)Nc2ccccc2C#N)o1. The molecule has 0 unspecified atom stereocenters. The first-order valence-electron chi connectivity index (χ1n) is 7.43. The fraction of sp³-hybridized carbons (Fsp3) is 0.176. The van der Waals surface area contributed by atoms with E-state index in [-0.39, 0.29) is 11.1 Å². The number of anilines is 1. The van der Waals surface area contributed by atoms with Crippen molar-refractivity contribution < 1.29 is 13.6 Å². The Morgan fingerprint density at radius 1 is 1.32 bits per heavy atom. The third kappa shape index (κ3) is 3.72. The van der Waals surface area contributed by atoms with Gasteiger partial charge in [0.05, 0.1) is 28.3 Å². The molecule has 2 aromatic heterocycles. The van der Waals surface area contributed by atoms with Gasteiger partial charge in [-0.3, -0.25) is 4.79 Å². The van der Waals surface area contributed by atoms with Crippen LogP contribution in [-0.4, -0.2) is 21.4 Å². The number of hydrogen-bond donors (Lipinski definition) is 1. The Kier molecular flexibility index (Phi) is 4.86. The monoisotopic (exact) mass is 354 g/mol. The van der Waals surface area contributed by atoms with E-state index in [0.717, 1.165) is 17.3 Å². The summed E-state index contributed by atoms with van der Waals surface area (Å²) in [6.07, 6.45) is 1.55. The number of nitriles is 1. The van der Waals surface area contributed by atoms with Crippen molar-refractivity contribution in [2.45, 2.75) is 24.3 Å². The first-order valence-corrected chi connectivity index (χ1v) is 8.31. The number of amides is 1. The van der Waals surface area contributed by atoms with E-state index in [9.17, 15) is 4.79 Å². The molecule has 1 aromatic carbocycles. The van der Waals surface area contributed by atoms with Crippen molar-refractivity contribution >= 4 is 23.4 Å². The minimum atomic E-state index is -0.481. The van der Waals surface area contributed by atoms with Gasteiger partial charge in [-0.1, -0.05) is 23.9 Å². The number of rotatable bonds is 5. The molecule has 0 fully saturated rings. The van der Waals surface area contributed by atoms with Crippen molar-refractivity contribution in [1.82, 2.24) is 10.2 Å². The molecule has 0 bridgehead atoms. The van der Waals surface area contributed by atoms with Crippen LogP contribution < -0.4 is 5.32 Å². The summed E-state index contributed by atoms with van der Waals surface area (Å²) >= 11 is 1.14. The second-order valence-electron chi connectivity index (χ2n) is 5.17. The molecule has 126 valence electrons. The maximum atomic E-state index is 12.3. The molecule has 2 heterocycles. The van der Waals surface area contributed by atoms with E-state index in [1.165, 1.54) is 0 Å². The number of nitrogens with zero attached hydrogens (tertiary/aromatic N) is 3. The molecule has 1 atom stereocenters. The summed E-state index contributed by atoms with van der Waals surface area (Å²) in [5.41, 5.74) is 1.60. The second kappa shape index (κ2) is 7.23. The summed E-state index contributed by atoms with van der Waals surface area (Å²) in [7, 11) is 0. The van der Waals surface area contributed by atoms with E-state index < -0.39 is 5.25 Å². The van der Waals surface area contributed by atoms with Crippen molar-refractivity contribution in [3.63, 3.8) is 0 Å². The lowest BCUT2D eigenvalue weighted by molar-refractivity contribution is -0.115. The average Bonchev–Trinajstić information content (AvgIpc) is 3.23. The van der Waals surface area contributed by atoms with Gasteiger partial charge in [0.15, 0.2) is 0 Å². The maximum absolute atomic E-state index is 12.3. The summed E-state index contributed by atoms with van der Waals surface area (Å²) in [6, 6.07) is 10.6. The number of carbonyl (C=O) groups excluding carboxylic acids is 1. The Hall–Kier alpha value is -3.05. The van der Waals surface area contributed by atoms with E-state index in [4.69, 9.17) is 14.1 Å². The number of thioether (sulfide) groups is 1. The highest BCUT2D eigenvalue weighted by Crippen LogP contribution is 2.28.